The van der Waals surface area contributed by atoms with Crippen LogP contribution in [0.2, 0.25) is 0 Å². The Bertz CT molecular complexity index is 554. The third kappa shape index (κ3) is 1.65. The highest BCUT2D eigenvalue weighted by Gasteiger charge is 2.79. The number of ether oxygens (including phenoxy) is 1. The summed E-state index contributed by atoms with van der Waals surface area (Å²) in [6.45, 7) is 1.41. The molecule has 2 heterocycles. The third-order valence-electron chi connectivity index (χ3n) is 4.99. The molecule has 0 aromatic carbocycles. The zero-order chi connectivity index (χ0) is 15.3. The number of nitrogens with one attached hydrogen (secondary N) is 1. The third-order valence-corrected chi connectivity index (χ3v) is 4.99. The predicted molar refractivity (Wildman–Crippen MR) is 72.1 cm³/mol. The first-order valence-electron chi connectivity index (χ1n) is 7.37. The van der Waals surface area contributed by atoms with Gasteiger partial charge in [0.2, 0.25) is 11.4 Å². The zero-order valence-electron chi connectivity index (χ0n) is 12.0. The number of ketones is 1. The van der Waals surface area contributed by atoms with Crippen molar-refractivity contribution in [2.24, 2.45) is 5.92 Å². The fourth-order valence-electron chi connectivity index (χ4n) is 3.73. The number of allylic oxidation sites excluding steroid dienone is 1. The van der Waals surface area contributed by atoms with Crippen LogP contribution in [0.5, 0.6) is 0 Å². The summed E-state index contributed by atoms with van der Waals surface area (Å²) >= 11 is 0. The second-order valence-electron chi connectivity index (χ2n) is 6.10. The Morgan fingerprint density at radius 1 is 1.48 bits per heavy atom. The van der Waals surface area contributed by atoms with Crippen molar-refractivity contribution < 1.29 is 24.2 Å². The van der Waals surface area contributed by atoms with E-state index in [4.69, 9.17) is 9.84 Å². The standard InChI is InChI=1S/C15H19NO5/c1-14-10(7-8-17)12(19)16-15(14,13(20)21-14)11(18)9-5-3-2-4-6-9/h5,10,17H,2-4,6-8H2,1H3,(H,16,19)/t10-,14-,15-/m0/s1. The number of aliphatic hydroxyl groups is 1. The molecule has 2 aliphatic heterocycles. The number of amides is 1. The van der Waals surface area contributed by atoms with Gasteiger partial charge in [0, 0.05) is 6.61 Å². The molecule has 3 aliphatic rings. The molecule has 3 atom stereocenters. The van der Waals surface area contributed by atoms with Gasteiger partial charge in [-0.3, -0.25) is 9.59 Å². The maximum absolute atomic E-state index is 12.8. The Morgan fingerprint density at radius 2 is 2.24 bits per heavy atom. The van der Waals surface area contributed by atoms with E-state index >= 15 is 0 Å². The summed E-state index contributed by atoms with van der Waals surface area (Å²) in [5.41, 5.74) is -2.18. The maximum atomic E-state index is 12.8. The van der Waals surface area contributed by atoms with Gasteiger partial charge >= 0.3 is 5.97 Å². The summed E-state index contributed by atoms with van der Waals surface area (Å²) in [7, 11) is 0. The summed E-state index contributed by atoms with van der Waals surface area (Å²) in [5.74, 6) is -2.11. The molecule has 6 nitrogen and oxygen atoms in total. The quantitative estimate of drug-likeness (QED) is 0.572. The molecule has 1 aliphatic carbocycles. The Balaban J connectivity index is 1.98. The predicted octanol–water partition coefficient (Wildman–Crippen LogP) is 0.239. The molecule has 0 aromatic rings. The molecule has 6 heteroatoms. The molecule has 0 aromatic heterocycles. The van der Waals surface area contributed by atoms with Crippen molar-refractivity contribution in [3.05, 3.63) is 11.6 Å². The largest absolute Gasteiger partial charge is 0.453 e. The van der Waals surface area contributed by atoms with E-state index in [-0.39, 0.29) is 18.8 Å². The van der Waals surface area contributed by atoms with Crippen LogP contribution in [0.4, 0.5) is 0 Å². The first-order chi connectivity index (χ1) is 9.97. The Morgan fingerprint density at radius 3 is 2.81 bits per heavy atom. The summed E-state index contributed by atoms with van der Waals surface area (Å²) in [4.78, 5) is 37.1. The number of rotatable bonds is 4. The van der Waals surface area contributed by atoms with Crippen molar-refractivity contribution in [3.63, 3.8) is 0 Å². The van der Waals surface area contributed by atoms with Crippen LogP contribution in [0, 0.1) is 5.92 Å². The molecule has 1 amide bonds. The fraction of sp³-hybridized carbons (Fsp3) is 0.667. The van der Waals surface area contributed by atoms with Gasteiger partial charge in [-0.25, -0.2) is 4.79 Å². The highest BCUT2D eigenvalue weighted by molar-refractivity contribution is 6.24. The molecule has 0 spiro atoms. The molecule has 21 heavy (non-hydrogen) atoms. The van der Waals surface area contributed by atoms with Gasteiger partial charge in [-0.15, -0.1) is 0 Å². The smallest absolute Gasteiger partial charge is 0.345 e. The molecule has 114 valence electrons. The fourth-order valence-corrected chi connectivity index (χ4v) is 3.73. The van der Waals surface area contributed by atoms with Crippen molar-refractivity contribution in [1.29, 1.82) is 0 Å². The molecule has 2 fully saturated rings. The summed E-state index contributed by atoms with van der Waals surface area (Å²) in [6.07, 6.45) is 5.42. The molecule has 3 rings (SSSR count). The maximum Gasteiger partial charge on any atom is 0.345 e. The minimum Gasteiger partial charge on any atom is -0.453 e. The minimum absolute atomic E-state index is 0.170. The average molecular weight is 293 g/mol. The summed E-state index contributed by atoms with van der Waals surface area (Å²) in [5, 5.41) is 11.7. The number of hydrogen-bond acceptors (Lipinski definition) is 5. The lowest BCUT2D eigenvalue weighted by Gasteiger charge is -2.50. The zero-order valence-corrected chi connectivity index (χ0v) is 12.0. The summed E-state index contributed by atoms with van der Waals surface area (Å²) < 4.78 is 5.22. The first kappa shape index (κ1) is 14.3. The van der Waals surface area contributed by atoms with E-state index < -0.39 is 28.9 Å². The molecule has 0 radical (unpaired) electrons. The molecule has 2 N–H and O–H groups in total. The van der Waals surface area contributed by atoms with Crippen LogP contribution in [-0.4, -0.2) is 40.5 Å². The number of esters is 1. The van der Waals surface area contributed by atoms with Crippen molar-refractivity contribution >= 4 is 17.7 Å². The minimum atomic E-state index is -1.59. The molecule has 2 saturated heterocycles. The van der Waals surface area contributed by atoms with Crippen molar-refractivity contribution in [2.45, 2.75) is 50.2 Å². The Hall–Kier alpha value is -1.69. The van der Waals surface area contributed by atoms with E-state index in [1.807, 2.05) is 6.08 Å². The Labute approximate surface area is 122 Å². The van der Waals surface area contributed by atoms with Gasteiger partial charge in [-0.1, -0.05) is 6.08 Å². The van der Waals surface area contributed by atoms with Crippen LogP contribution in [0.3, 0.4) is 0 Å². The van der Waals surface area contributed by atoms with Crippen molar-refractivity contribution in [1.82, 2.24) is 5.32 Å². The molecule has 0 bridgehead atoms. The average Bonchev–Trinajstić information content (AvgIpc) is 2.65. The van der Waals surface area contributed by atoms with E-state index in [1.54, 1.807) is 6.92 Å². The molecular weight excluding hydrogens is 274 g/mol. The van der Waals surface area contributed by atoms with Gasteiger partial charge in [0.15, 0.2) is 11.4 Å². The van der Waals surface area contributed by atoms with Crippen LogP contribution in [0.1, 0.15) is 39.0 Å². The van der Waals surface area contributed by atoms with E-state index in [0.29, 0.717) is 12.0 Å². The number of aliphatic hydroxyl groups excluding tert-OH is 1. The van der Waals surface area contributed by atoms with Gasteiger partial charge < -0.3 is 15.2 Å². The molecule has 0 unspecified atom stereocenters. The second-order valence-corrected chi connectivity index (χ2v) is 6.10. The van der Waals surface area contributed by atoms with Crippen LogP contribution in [0.15, 0.2) is 11.6 Å². The second kappa shape index (κ2) is 4.66. The Kier molecular flexibility index (Phi) is 3.16. The van der Waals surface area contributed by atoms with E-state index in [9.17, 15) is 14.4 Å². The number of carbonyl (C=O) groups is 3. The highest BCUT2D eigenvalue weighted by atomic mass is 16.6. The van der Waals surface area contributed by atoms with Crippen LogP contribution in [0.25, 0.3) is 0 Å². The number of fused-ring (bicyclic) bond motifs is 1. The lowest BCUT2D eigenvalue weighted by atomic mass is 9.66. The highest BCUT2D eigenvalue weighted by Crippen LogP contribution is 2.51. The van der Waals surface area contributed by atoms with Gasteiger partial charge in [0.1, 0.15) is 0 Å². The van der Waals surface area contributed by atoms with Crippen LogP contribution >= 0.6 is 0 Å². The first-order valence-corrected chi connectivity index (χ1v) is 7.37. The topological polar surface area (TPSA) is 92.7 Å². The van der Waals surface area contributed by atoms with Crippen molar-refractivity contribution in [2.75, 3.05) is 6.61 Å². The van der Waals surface area contributed by atoms with Gasteiger partial charge in [0.05, 0.1) is 5.92 Å². The van der Waals surface area contributed by atoms with E-state index in [1.165, 1.54) is 0 Å². The van der Waals surface area contributed by atoms with Crippen LogP contribution in [-0.2, 0) is 19.1 Å². The van der Waals surface area contributed by atoms with Gasteiger partial charge in [0.25, 0.3) is 0 Å². The monoisotopic (exact) mass is 293 g/mol. The molecule has 0 saturated carbocycles. The summed E-state index contributed by atoms with van der Waals surface area (Å²) in [6, 6.07) is 0. The SMILES string of the molecule is C[C@@]12OC(=O)[C@]1(C(=O)C1=CCCCC1)NC(=O)[C@@H]2CCO. The number of carbonyl (C=O) groups excluding carboxylic acids is 3. The van der Waals surface area contributed by atoms with Gasteiger partial charge in [-0.05, 0) is 44.6 Å². The van der Waals surface area contributed by atoms with E-state index in [2.05, 4.69) is 5.32 Å². The molecular formula is C15H19NO5. The van der Waals surface area contributed by atoms with Crippen LogP contribution < -0.4 is 5.32 Å². The number of hydrogen-bond donors (Lipinski definition) is 2. The number of Topliss-reactive ketones (excluding diaryl/α,β-unsaturated/α-hetero) is 1. The van der Waals surface area contributed by atoms with Gasteiger partial charge in [-0.2, -0.15) is 0 Å². The normalized spacial score (nSPS) is 38.0. The lowest BCUT2D eigenvalue weighted by Crippen LogP contribution is -2.78. The van der Waals surface area contributed by atoms with Crippen molar-refractivity contribution in [3.8, 4) is 0 Å². The lowest BCUT2D eigenvalue weighted by molar-refractivity contribution is -0.217. The van der Waals surface area contributed by atoms with E-state index in [0.717, 1.165) is 19.3 Å².